The zero-order valence-electron chi connectivity index (χ0n) is 17.4. The lowest BCUT2D eigenvalue weighted by atomic mass is 10.1. The summed E-state index contributed by atoms with van der Waals surface area (Å²) in [4.78, 5) is 36.9. The lowest BCUT2D eigenvalue weighted by Crippen LogP contribution is -2.50. The number of ether oxygens (including phenoxy) is 1. The minimum atomic E-state index is -0.336. The summed E-state index contributed by atoms with van der Waals surface area (Å²) in [5.41, 5.74) is 3.60. The number of carbonyl (C=O) groups is 2. The van der Waals surface area contributed by atoms with E-state index in [1.54, 1.807) is 29.7 Å². The van der Waals surface area contributed by atoms with Crippen LogP contribution in [0.3, 0.4) is 0 Å². The molecule has 0 atom stereocenters. The van der Waals surface area contributed by atoms with Crippen molar-refractivity contribution < 1.29 is 14.3 Å². The van der Waals surface area contributed by atoms with Gasteiger partial charge >= 0.3 is 6.09 Å². The van der Waals surface area contributed by atoms with E-state index in [4.69, 9.17) is 4.74 Å². The van der Waals surface area contributed by atoms with Gasteiger partial charge in [-0.3, -0.25) is 4.79 Å². The van der Waals surface area contributed by atoms with Crippen molar-refractivity contribution >= 4 is 23.5 Å². The van der Waals surface area contributed by atoms with Gasteiger partial charge in [0, 0.05) is 37.9 Å². The van der Waals surface area contributed by atoms with Gasteiger partial charge in [-0.05, 0) is 44.9 Å². The van der Waals surface area contributed by atoms with E-state index in [0.29, 0.717) is 50.1 Å². The summed E-state index contributed by atoms with van der Waals surface area (Å²) in [5, 5.41) is 3.30. The zero-order valence-corrected chi connectivity index (χ0v) is 17.4. The first-order valence-electron chi connectivity index (χ1n) is 9.79. The summed E-state index contributed by atoms with van der Waals surface area (Å²) in [5.74, 6) is 0.941. The molecule has 8 nitrogen and oxygen atoms in total. The molecular formula is C21H27N5O3. The Morgan fingerprint density at radius 3 is 2.45 bits per heavy atom. The Morgan fingerprint density at radius 1 is 1.07 bits per heavy atom. The monoisotopic (exact) mass is 397 g/mol. The molecule has 0 radical (unpaired) electrons. The number of piperazine rings is 1. The molecule has 29 heavy (non-hydrogen) atoms. The molecule has 0 spiro atoms. The van der Waals surface area contributed by atoms with Crippen LogP contribution in [0.4, 0.5) is 16.3 Å². The van der Waals surface area contributed by atoms with Crippen molar-refractivity contribution in [1.82, 2.24) is 19.8 Å². The third kappa shape index (κ3) is 4.82. The summed E-state index contributed by atoms with van der Waals surface area (Å²) in [6, 6.07) is 7.69. The van der Waals surface area contributed by atoms with Crippen LogP contribution in [0.5, 0.6) is 0 Å². The highest BCUT2D eigenvalue weighted by molar-refractivity contribution is 5.93. The van der Waals surface area contributed by atoms with Crippen LogP contribution in [-0.4, -0.2) is 64.6 Å². The second kappa shape index (κ2) is 8.89. The Balaban J connectivity index is 1.72. The molecule has 8 heteroatoms. The molecule has 1 aromatic heterocycles. The van der Waals surface area contributed by atoms with E-state index >= 15 is 0 Å². The molecule has 2 amide bonds. The van der Waals surface area contributed by atoms with E-state index < -0.39 is 0 Å². The molecule has 0 saturated carbocycles. The number of anilines is 2. The Bertz CT molecular complexity index is 907. The maximum Gasteiger partial charge on any atom is 0.409 e. The molecule has 1 N–H and O–H groups in total. The van der Waals surface area contributed by atoms with Crippen LogP contribution < -0.4 is 5.32 Å². The van der Waals surface area contributed by atoms with Gasteiger partial charge < -0.3 is 19.9 Å². The smallest absolute Gasteiger partial charge is 0.409 e. The van der Waals surface area contributed by atoms with Crippen LogP contribution in [-0.2, 0) is 4.74 Å². The molecule has 0 aliphatic carbocycles. The predicted molar refractivity (Wildman–Crippen MR) is 110 cm³/mol. The van der Waals surface area contributed by atoms with Crippen LogP contribution in [0.1, 0.15) is 34.4 Å². The second-order valence-corrected chi connectivity index (χ2v) is 7.04. The SMILES string of the molecule is CCOC(=O)N1CCN(C(=O)c2cc(Nc3cccc(C)c3C)nc(C)n2)CC1. The van der Waals surface area contributed by atoms with E-state index in [-0.39, 0.29) is 12.0 Å². The molecule has 1 aliphatic heterocycles. The maximum absolute atomic E-state index is 13.0. The molecule has 0 bridgehead atoms. The van der Waals surface area contributed by atoms with Crippen LogP contribution in [0, 0.1) is 20.8 Å². The number of nitrogens with zero attached hydrogens (tertiary/aromatic N) is 4. The molecule has 0 unspecified atom stereocenters. The van der Waals surface area contributed by atoms with Gasteiger partial charge in [-0.2, -0.15) is 0 Å². The van der Waals surface area contributed by atoms with E-state index in [2.05, 4.69) is 28.3 Å². The Kier molecular flexibility index (Phi) is 6.31. The van der Waals surface area contributed by atoms with Gasteiger partial charge in [-0.25, -0.2) is 14.8 Å². The fourth-order valence-electron chi connectivity index (χ4n) is 3.23. The summed E-state index contributed by atoms with van der Waals surface area (Å²) >= 11 is 0. The van der Waals surface area contributed by atoms with Gasteiger partial charge in [-0.15, -0.1) is 0 Å². The highest BCUT2D eigenvalue weighted by Gasteiger charge is 2.26. The van der Waals surface area contributed by atoms with Gasteiger partial charge in [0.15, 0.2) is 0 Å². The number of aryl methyl sites for hydroxylation is 2. The molecular weight excluding hydrogens is 370 g/mol. The Morgan fingerprint density at radius 2 is 1.76 bits per heavy atom. The van der Waals surface area contributed by atoms with Crippen molar-refractivity contribution in [1.29, 1.82) is 0 Å². The van der Waals surface area contributed by atoms with E-state index in [1.165, 1.54) is 5.56 Å². The van der Waals surface area contributed by atoms with Gasteiger partial charge in [0.25, 0.3) is 5.91 Å². The van der Waals surface area contributed by atoms with Gasteiger partial charge in [-0.1, -0.05) is 12.1 Å². The highest BCUT2D eigenvalue weighted by atomic mass is 16.6. The second-order valence-electron chi connectivity index (χ2n) is 7.04. The van der Waals surface area contributed by atoms with E-state index in [0.717, 1.165) is 11.3 Å². The van der Waals surface area contributed by atoms with Crippen LogP contribution >= 0.6 is 0 Å². The lowest BCUT2D eigenvalue weighted by Gasteiger charge is -2.33. The van der Waals surface area contributed by atoms with Crippen molar-refractivity contribution in [2.45, 2.75) is 27.7 Å². The normalized spacial score (nSPS) is 13.9. The summed E-state index contributed by atoms with van der Waals surface area (Å²) in [6.45, 7) is 9.76. The number of carbonyl (C=O) groups excluding carboxylic acids is 2. The predicted octanol–water partition coefficient (Wildman–Crippen LogP) is 3.06. The standard InChI is InChI=1S/C21H27N5O3/c1-5-29-21(28)26-11-9-25(10-12-26)20(27)18-13-19(23-16(4)22-18)24-17-8-6-7-14(2)15(17)3/h6-8,13H,5,9-12H2,1-4H3,(H,22,23,24). The summed E-state index contributed by atoms with van der Waals surface area (Å²) in [7, 11) is 0. The van der Waals surface area contributed by atoms with Crippen molar-refractivity contribution in [2.24, 2.45) is 0 Å². The number of amides is 2. The molecule has 1 saturated heterocycles. The first kappa shape index (κ1) is 20.6. The van der Waals surface area contributed by atoms with Gasteiger partial charge in [0.1, 0.15) is 17.3 Å². The molecule has 1 aliphatic rings. The molecule has 3 rings (SSSR count). The number of nitrogens with one attached hydrogen (secondary N) is 1. The fraction of sp³-hybridized carbons (Fsp3) is 0.429. The Hall–Kier alpha value is -3.16. The Labute approximate surface area is 170 Å². The van der Waals surface area contributed by atoms with E-state index in [1.807, 2.05) is 19.1 Å². The number of hydrogen-bond donors (Lipinski definition) is 1. The van der Waals surface area contributed by atoms with E-state index in [9.17, 15) is 9.59 Å². The van der Waals surface area contributed by atoms with Crippen LogP contribution in [0.15, 0.2) is 24.3 Å². The summed E-state index contributed by atoms with van der Waals surface area (Å²) < 4.78 is 5.02. The number of benzene rings is 1. The third-order valence-corrected chi connectivity index (χ3v) is 5.02. The third-order valence-electron chi connectivity index (χ3n) is 5.02. The molecule has 2 heterocycles. The first-order chi connectivity index (χ1) is 13.9. The van der Waals surface area contributed by atoms with Crippen molar-refractivity contribution in [3.8, 4) is 0 Å². The van der Waals surface area contributed by atoms with Gasteiger partial charge in [0.2, 0.25) is 0 Å². The molecule has 1 fully saturated rings. The maximum atomic E-state index is 13.0. The lowest BCUT2D eigenvalue weighted by molar-refractivity contribution is 0.0565. The summed E-state index contributed by atoms with van der Waals surface area (Å²) in [6.07, 6.45) is -0.336. The quantitative estimate of drug-likeness (QED) is 0.853. The minimum absolute atomic E-state index is 0.164. The van der Waals surface area contributed by atoms with Crippen molar-refractivity contribution in [3.05, 3.63) is 46.9 Å². The number of hydrogen-bond acceptors (Lipinski definition) is 6. The highest BCUT2D eigenvalue weighted by Crippen LogP contribution is 2.22. The molecule has 154 valence electrons. The largest absolute Gasteiger partial charge is 0.450 e. The number of rotatable bonds is 4. The minimum Gasteiger partial charge on any atom is -0.450 e. The first-order valence-corrected chi connectivity index (χ1v) is 9.79. The number of aromatic nitrogens is 2. The topological polar surface area (TPSA) is 87.7 Å². The average molecular weight is 397 g/mol. The van der Waals surface area contributed by atoms with Gasteiger partial charge in [0.05, 0.1) is 6.61 Å². The van der Waals surface area contributed by atoms with Crippen molar-refractivity contribution in [3.63, 3.8) is 0 Å². The van der Waals surface area contributed by atoms with Crippen molar-refractivity contribution in [2.75, 3.05) is 38.1 Å². The van der Waals surface area contributed by atoms with Crippen LogP contribution in [0.25, 0.3) is 0 Å². The zero-order chi connectivity index (χ0) is 21.0. The molecule has 1 aromatic carbocycles. The molecule has 2 aromatic rings. The van der Waals surface area contributed by atoms with Crippen LogP contribution in [0.2, 0.25) is 0 Å². The average Bonchev–Trinajstić information content (AvgIpc) is 2.71. The fourth-order valence-corrected chi connectivity index (χ4v) is 3.23.